The first kappa shape index (κ1) is 21.1. The zero-order valence-corrected chi connectivity index (χ0v) is 17.6. The van der Waals surface area contributed by atoms with Gasteiger partial charge in [0, 0.05) is 39.7 Å². The molecule has 2 N–H and O–H groups in total. The molecule has 32 heavy (non-hydrogen) atoms. The molecule has 3 aromatic carbocycles. The average molecular weight is 426 g/mol. The lowest BCUT2D eigenvalue weighted by Gasteiger charge is -2.08. The summed E-state index contributed by atoms with van der Waals surface area (Å²) in [6.45, 7) is 2.47. The Morgan fingerprint density at radius 2 is 1.50 bits per heavy atom. The van der Waals surface area contributed by atoms with Gasteiger partial charge in [0.1, 0.15) is 13.2 Å². The summed E-state index contributed by atoms with van der Waals surface area (Å²) >= 11 is 0. The van der Waals surface area contributed by atoms with E-state index < -0.39 is 0 Å². The fourth-order valence-corrected chi connectivity index (χ4v) is 3.73. The predicted molar refractivity (Wildman–Crippen MR) is 124 cm³/mol. The van der Waals surface area contributed by atoms with Gasteiger partial charge in [0.15, 0.2) is 0 Å². The third kappa shape index (κ3) is 4.46. The second-order valence-corrected chi connectivity index (χ2v) is 7.27. The number of carbonyl (C=O) groups is 2. The lowest BCUT2D eigenvalue weighted by molar-refractivity contribution is -0.125. The molecular formula is C25H22N4O3. The number of amides is 2. The molecule has 0 radical (unpaired) electrons. The standard InChI is InChI=1S/C25H22N4O3/c1-2-29-22-6-4-3-5-20(22)21-13-19(11-12-23(21)29)28-25(31)16-32-15-24(30)27-18-9-7-17(14-26)8-10-18/h3-13H,2,15-16H2,1H3,(H,27,30)(H,28,31). The van der Waals surface area contributed by atoms with Gasteiger partial charge in [-0.25, -0.2) is 0 Å². The fourth-order valence-electron chi connectivity index (χ4n) is 3.73. The van der Waals surface area contributed by atoms with Crippen LogP contribution in [0.4, 0.5) is 11.4 Å². The number of ether oxygens (including phenoxy) is 1. The van der Waals surface area contributed by atoms with Crippen molar-refractivity contribution in [1.82, 2.24) is 4.57 Å². The first-order chi connectivity index (χ1) is 15.6. The minimum Gasteiger partial charge on any atom is -0.362 e. The maximum atomic E-state index is 12.3. The molecule has 0 bridgehead atoms. The van der Waals surface area contributed by atoms with Gasteiger partial charge < -0.3 is 19.9 Å². The number of para-hydroxylation sites is 1. The summed E-state index contributed by atoms with van der Waals surface area (Å²) in [5.74, 6) is -0.717. The van der Waals surface area contributed by atoms with E-state index in [0.29, 0.717) is 16.9 Å². The summed E-state index contributed by atoms with van der Waals surface area (Å²) in [6, 6.07) is 22.5. The van der Waals surface area contributed by atoms with Crippen molar-refractivity contribution in [3.8, 4) is 6.07 Å². The van der Waals surface area contributed by atoms with Gasteiger partial charge in [-0.05, 0) is 55.5 Å². The lowest BCUT2D eigenvalue weighted by Crippen LogP contribution is -2.23. The van der Waals surface area contributed by atoms with Crippen LogP contribution >= 0.6 is 0 Å². The lowest BCUT2D eigenvalue weighted by atomic mass is 10.1. The first-order valence-corrected chi connectivity index (χ1v) is 10.3. The molecule has 0 aliphatic rings. The van der Waals surface area contributed by atoms with Crippen LogP contribution in [0, 0.1) is 11.3 Å². The molecule has 0 fully saturated rings. The maximum Gasteiger partial charge on any atom is 0.250 e. The van der Waals surface area contributed by atoms with E-state index in [1.165, 1.54) is 0 Å². The molecule has 0 aliphatic heterocycles. The molecule has 0 saturated heterocycles. The molecule has 7 heteroatoms. The van der Waals surface area contributed by atoms with Gasteiger partial charge in [-0.2, -0.15) is 5.26 Å². The Kier molecular flexibility index (Phi) is 6.15. The quantitative estimate of drug-likeness (QED) is 0.461. The van der Waals surface area contributed by atoms with E-state index in [-0.39, 0.29) is 25.0 Å². The Labute approximate surface area is 185 Å². The summed E-state index contributed by atoms with van der Waals surface area (Å²) < 4.78 is 7.49. The number of carbonyl (C=O) groups excluding carboxylic acids is 2. The predicted octanol–water partition coefficient (Wildman–Crippen LogP) is 4.28. The second-order valence-electron chi connectivity index (χ2n) is 7.27. The zero-order valence-electron chi connectivity index (χ0n) is 17.6. The summed E-state index contributed by atoms with van der Waals surface area (Å²) in [7, 11) is 0. The van der Waals surface area contributed by atoms with Crippen LogP contribution < -0.4 is 10.6 Å². The SMILES string of the molecule is CCn1c2ccccc2c2cc(NC(=O)COCC(=O)Nc3ccc(C#N)cc3)ccc21. The van der Waals surface area contributed by atoms with Crippen molar-refractivity contribution in [2.45, 2.75) is 13.5 Å². The fraction of sp³-hybridized carbons (Fsp3) is 0.160. The number of rotatable bonds is 7. The number of fused-ring (bicyclic) bond motifs is 3. The zero-order chi connectivity index (χ0) is 22.5. The highest BCUT2D eigenvalue weighted by Crippen LogP contribution is 2.30. The number of aryl methyl sites for hydroxylation is 1. The van der Waals surface area contributed by atoms with Gasteiger partial charge in [-0.3, -0.25) is 9.59 Å². The third-order valence-corrected chi connectivity index (χ3v) is 5.14. The van der Waals surface area contributed by atoms with E-state index in [4.69, 9.17) is 10.00 Å². The van der Waals surface area contributed by atoms with E-state index in [9.17, 15) is 9.59 Å². The first-order valence-electron chi connectivity index (χ1n) is 10.3. The van der Waals surface area contributed by atoms with E-state index >= 15 is 0 Å². The van der Waals surface area contributed by atoms with Crippen molar-refractivity contribution in [3.63, 3.8) is 0 Å². The van der Waals surface area contributed by atoms with Crippen molar-refractivity contribution in [3.05, 3.63) is 72.3 Å². The highest BCUT2D eigenvalue weighted by molar-refractivity contribution is 6.09. The molecule has 2 amide bonds. The number of anilines is 2. The normalized spacial score (nSPS) is 10.8. The number of aromatic nitrogens is 1. The highest BCUT2D eigenvalue weighted by Gasteiger charge is 2.11. The Morgan fingerprint density at radius 3 is 2.19 bits per heavy atom. The highest BCUT2D eigenvalue weighted by atomic mass is 16.5. The van der Waals surface area contributed by atoms with Crippen LogP contribution in [0.5, 0.6) is 0 Å². The van der Waals surface area contributed by atoms with Crippen LogP contribution in [-0.4, -0.2) is 29.6 Å². The Hall–Kier alpha value is -4.15. The van der Waals surface area contributed by atoms with Gasteiger partial charge in [-0.15, -0.1) is 0 Å². The summed E-state index contributed by atoms with van der Waals surface area (Å²) in [6.07, 6.45) is 0. The molecule has 0 spiro atoms. The van der Waals surface area contributed by atoms with Crippen LogP contribution in [0.1, 0.15) is 12.5 Å². The molecule has 1 aromatic heterocycles. The molecule has 0 unspecified atom stereocenters. The van der Waals surface area contributed by atoms with Gasteiger partial charge in [0.25, 0.3) is 0 Å². The van der Waals surface area contributed by atoms with Gasteiger partial charge in [0.05, 0.1) is 11.6 Å². The van der Waals surface area contributed by atoms with Crippen LogP contribution in [-0.2, 0) is 20.9 Å². The average Bonchev–Trinajstić information content (AvgIpc) is 3.12. The van der Waals surface area contributed by atoms with Gasteiger partial charge in [-0.1, -0.05) is 18.2 Å². The Bertz CT molecular complexity index is 1330. The molecule has 160 valence electrons. The van der Waals surface area contributed by atoms with Crippen LogP contribution in [0.15, 0.2) is 66.7 Å². The second kappa shape index (κ2) is 9.33. The number of nitrogens with one attached hydrogen (secondary N) is 2. The molecule has 7 nitrogen and oxygen atoms in total. The van der Waals surface area contributed by atoms with Crippen molar-refractivity contribution < 1.29 is 14.3 Å². The smallest absolute Gasteiger partial charge is 0.250 e. The van der Waals surface area contributed by atoms with Crippen LogP contribution in [0.25, 0.3) is 21.8 Å². The molecule has 1 heterocycles. The number of benzene rings is 3. The van der Waals surface area contributed by atoms with Crippen molar-refractivity contribution in [2.24, 2.45) is 0 Å². The molecule has 0 atom stereocenters. The number of nitriles is 1. The maximum absolute atomic E-state index is 12.3. The van der Waals surface area contributed by atoms with Crippen molar-refractivity contribution in [2.75, 3.05) is 23.8 Å². The summed E-state index contributed by atoms with van der Waals surface area (Å²) in [5.41, 5.74) is 4.01. The topological polar surface area (TPSA) is 96.2 Å². The molecule has 4 rings (SSSR count). The number of hydrogen-bond acceptors (Lipinski definition) is 4. The molecule has 0 saturated carbocycles. The molecule has 4 aromatic rings. The Morgan fingerprint density at radius 1 is 0.875 bits per heavy atom. The van der Waals surface area contributed by atoms with Crippen molar-refractivity contribution >= 4 is 45.0 Å². The van der Waals surface area contributed by atoms with Gasteiger partial charge in [0.2, 0.25) is 11.8 Å². The van der Waals surface area contributed by atoms with E-state index in [0.717, 1.165) is 28.4 Å². The minimum atomic E-state index is -0.378. The van der Waals surface area contributed by atoms with Crippen LogP contribution in [0.2, 0.25) is 0 Å². The molecule has 0 aliphatic carbocycles. The third-order valence-electron chi connectivity index (χ3n) is 5.14. The van der Waals surface area contributed by atoms with Crippen LogP contribution in [0.3, 0.4) is 0 Å². The van der Waals surface area contributed by atoms with E-state index in [2.05, 4.69) is 34.3 Å². The largest absolute Gasteiger partial charge is 0.362 e. The summed E-state index contributed by atoms with van der Waals surface area (Å²) in [5, 5.41) is 16.5. The molecular weight excluding hydrogens is 404 g/mol. The van der Waals surface area contributed by atoms with Gasteiger partial charge >= 0.3 is 0 Å². The van der Waals surface area contributed by atoms with E-state index in [1.807, 2.05) is 36.4 Å². The number of hydrogen-bond donors (Lipinski definition) is 2. The van der Waals surface area contributed by atoms with Crippen molar-refractivity contribution in [1.29, 1.82) is 5.26 Å². The minimum absolute atomic E-state index is 0.241. The summed E-state index contributed by atoms with van der Waals surface area (Å²) in [4.78, 5) is 24.3. The Balaban J connectivity index is 1.34. The monoisotopic (exact) mass is 426 g/mol. The number of nitrogens with zero attached hydrogens (tertiary/aromatic N) is 2. The van der Waals surface area contributed by atoms with E-state index in [1.54, 1.807) is 24.3 Å².